The van der Waals surface area contributed by atoms with E-state index in [0.717, 1.165) is 23.0 Å². The molecule has 2 aliphatic rings. The summed E-state index contributed by atoms with van der Waals surface area (Å²) in [4.78, 5) is 15.5. The molecule has 0 unspecified atom stereocenters. The van der Waals surface area contributed by atoms with Crippen LogP contribution in [0.2, 0.25) is 0 Å². The molecule has 2 atom stereocenters. The van der Waals surface area contributed by atoms with Gasteiger partial charge in [-0.15, -0.1) is 0 Å². The zero-order chi connectivity index (χ0) is 26.8. The molecule has 0 radical (unpaired) electrons. The third-order valence-electron chi connectivity index (χ3n) is 7.59. The Balaban J connectivity index is 1.38. The number of methoxy groups -OCH3 is 1. The van der Waals surface area contributed by atoms with Crippen molar-refractivity contribution < 1.29 is 23.4 Å². The van der Waals surface area contributed by atoms with E-state index in [-0.39, 0.29) is 24.0 Å². The molecule has 8 nitrogen and oxygen atoms in total. The maximum Gasteiger partial charge on any atom is 0.320 e. The third-order valence-corrected chi connectivity index (χ3v) is 7.59. The highest BCUT2D eigenvalue weighted by Gasteiger charge is 2.36. The number of ether oxygens (including phenoxy) is 1. The number of rotatable bonds is 8. The smallest absolute Gasteiger partial charge is 0.320 e. The molecule has 0 bridgehead atoms. The van der Waals surface area contributed by atoms with Crippen LogP contribution >= 0.6 is 0 Å². The van der Waals surface area contributed by atoms with E-state index in [1.54, 1.807) is 17.9 Å². The number of aliphatic hydroxyl groups excluding tert-OH is 1. The number of urea groups is 1. The number of aromatic nitrogens is 2. The zero-order valence-corrected chi connectivity index (χ0v) is 21.5. The minimum Gasteiger partial charge on any atom is -0.393 e. The maximum absolute atomic E-state index is 14.1. The number of benzene rings is 2. The Labute approximate surface area is 220 Å². The SMILES string of the molecule is COCCN1C[C@@H](NC(=O)Nc2c(C)c([C@H]3C[C@H](O)C3)nn2-c2ccccc2)[C@H](c2ccc(F)c(F)c2)C1. The molecule has 202 valence electrons. The van der Waals surface area contributed by atoms with Crippen LogP contribution < -0.4 is 10.6 Å². The summed E-state index contributed by atoms with van der Waals surface area (Å²) >= 11 is 0. The second-order valence-electron chi connectivity index (χ2n) is 10.2. The van der Waals surface area contributed by atoms with Crippen LogP contribution in [0.1, 0.15) is 41.5 Å². The van der Waals surface area contributed by atoms with Gasteiger partial charge in [0, 0.05) is 44.1 Å². The van der Waals surface area contributed by atoms with Gasteiger partial charge in [-0.2, -0.15) is 5.10 Å². The van der Waals surface area contributed by atoms with Crippen molar-refractivity contribution in [3.63, 3.8) is 0 Å². The first-order valence-corrected chi connectivity index (χ1v) is 12.9. The van der Waals surface area contributed by atoms with Crippen molar-refractivity contribution in [2.45, 2.75) is 43.7 Å². The fourth-order valence-electron chi connectivity index (χ4n) is 5.44. The number of carbonyl (C=O) groups excluding carboxylic acids is 1. The summed E-state index contributed by atoms with van der Waals surface area (Å²) in [6.07, 6.45) is 0.971. The second-order valence-corrected chi connectivity index (χ2v) is 10.2. The van der Waals surface area contributed by atoms with Gasteiger partial charge in [0.25, 0.3) is 0 Å². The number of carbonyl (C=O) groups is 1. The number of halogens is 2. The topological polar surface area (TPSA) is 91.7 Å². The van der Waals surface area contributed by atoms with Gasteiger partial charge in [0.15, 0.2) is 11.6 Å². The lowest BCUT2D eigenvalue weighted by Crippen LogP contribution is -2.42. The van der Waals surface area contributed by atoms with Crippen LogP contribution in [0.15, 0.2) is 48.5 Å². The summed E-state index contributed by atoms with van der Waals surface area (Å²) in [6, 6.07) is 12.7. The standard InChI is InChI=1S/C28H33F2N5O3/c1-17-26(19-12-21(36)13-19)33-35(20-6-4-3-5-7-20)27(17)32-28(37)31-25-16-34(10-11-38-2)15-22(25)18-8-9-23(29)24(30)14-18/h3-9,14,19,21-22,25,36H,10-13,15-16H2,1-2H3,(H2,31,32,37)/t19-,21-,22-,25+/m0/s1. The number of aliphatic hydroxyl groups is 1. The molecule has 1 saturated carbocycles. The highest BCUT2D eigenvalue weighted by Crippen LogP contribution is 2.40. The molecule has 10 heteroatoms. The summed E-state index contributed by atoms with van der Waals surface area (Å²) in [5, 5.41) is 20.7. The summed E-state index contributed by atoms with van der Waals surface area (Å²) < 4.78 is 34.6. The van der Waals surface area contributed by atoms with Crippen LogP contribution in [0.4, 0.5) is 19.4 Å². The number of nitrogens with zero attached hydrogens (tertiary/aromatic N) is 3. The van der Waals surface area contributed by atoms with E-state index in [1.165, 1.54) is 6.07 Å². The maximum atomic E-state index is 14.1. The van der Waals surface area contributed by atoms with Gasteiger partial charge >= 0.3 is 6.03 Å². The van der Waals surface area contributed by atoms with Crippen LogP contribution in [-0.2, 0) is 4.74 Å². The average molecular weight is 526 g/mol. The molecule has 2 fully saturated rings. The number of likely N-dealkylation sites (tertiary alicyclic amines) is 1. The predicted octanol–water partition coefficient (Wildman–Crippen LogP) is 3.93. The van der Waals surface area contributed by atoms with Gasteiger partial charge in [0.1, 0.15) is 5.82 Å². The van der Waals surface area contributed by atoms with Gasteiger partial charge in [-0.3, -0.25) is 10.2 Å². The average Bonchev–Trinajstić information content (AvgIpc) is 3.43. The Morgan fingerprint density at radius 3 is 2.58 bits per heavy atom. The molecule has 1 aliphatic carbocycles. The largest absolute Gasteiger partial charge is 0.393 e. The fourth-order valence-corrected chi connectivity index (χ4v) is 5.44. The highest BCUT2D eigenvalue weighted by atomic mass is 19.2. The zero-order valence-electron chi connectivity index (χ0n) is 21.5. The molecular weight excluding hydrogens is 492 g/mol. The van der Waals surface area contributed by atoms with Gasteiger partial charge in [-0.05, 0) is 49.6 Å². The van der Waals surface area contributed by atoms with Crippen molar-refractivity contribution in [1.82, 2.24) is 20.0 Å². The van der Waals surface area contributed by atoms with Gasteiger partial charge < -0.3 is 15.2 Å². The minimum atomic E-state index is -0.905. The van der Waals surface area contributed by atoms with Crippen LogP contribution in [-0.4, -0.2) is 71.3 Å². The molecule has 1 aromatic heterocycles. The molecule has 3 N–H and O–H groups in total. The molecule has 38 heavy (non-hydrogen) atoms. The van der Waals surface area contributed by atoms with E-state index < -0.39 is 17.7 Å². The van der Waals surface area contributed by atoms with Crippen molar-refractivity contribution in [2.75, 3.05) is 38.7 Å². The Kier molecular flexibility index (Phi) is 7.73. The lowest BCUT2D eigenvalue weighted by molar-refractivity contribution is 0.0729. The number of para-hydroxylation sites is 1. The predicted molar refractivity (Wildman–Crippen MR) is 140 cm³/mol. The lowest BCUT2D eigenvalue weighted by Gasteiger charge is -2.30. The van der Waals surface area contributed by atoms with E-state index >= 15 is 0 Å². The van der Waals surface area contributed by atoms with E-state index in [2.05, 4.69) is 15.5 Å². The Hall–Kier alpha value is -3.34. The van der Waals surface area contributed by atoms with Crippen LogP contribution in [0.5, 0.6) is 0 Å². The quantitative estimate of drug-likeness (QED) is 0.415. The summed E-state index contributed by atoms with van der Waals surface area (Å²) in [5.41, 5.74) is 3.15. The van der Waals surface area contributed by atoms with E-state index in [1.807, 2.05) is 37.3 Å². The van der Waals surface area contributed by atoms with Crippen molar-refractivity contribution >= 4 is 11.8 Å². The van der Waals surface area contributed by atoms with E-state index in [9.17, 15) is 18.7 Å². The monoisotopic (exact) mass is 525 g/mol. The van der Waals surface area contributed by atoms with Gasteiger partial charge in [-0.1, -0.05) is 24.3 Å². The Morgan fingerprint density at radius 2 is 1.89 bits per heavy atom. The Morgan fingerprint density at radius 1 is 1.13 bits per heavy atom. The van der Waals surface area contributed by atoms with Crippen LogP contribution in [0.25, 0.3) is 5.69 Å². The summed E-state index contributed by atoms with van der Waals surface area (Å²) in [6.45, 7) is 4.23. The van der Waals surface area contributed by atoms with Crippen molar-refractivity contribution in [3.8, 4) is 5.69 Å². The van der Waals surface area contributed by atoms with Crippen molar-refractivity contribution in [1.29, 1.82) is 0 Å². The third kappa shape index (κ3) is 5.43. The number of hydrogen-bond acceptors (Lipinski definition) is 5. The lowest BCUT2D eigenvalue weighted by atomic mass is 9.79. The minimum absolute atomic E-state index is 0.139. The number of anilines is 1. The normalized spacial score (nSPS) is 23.3. The summed E-state index contributed by atoms with van der Waals surface area (Å²) in [5.74, 6) is -1.33. The summed E-state index contributed by atoms with van der Waals surface area (Å²) in [7, 11) is 1.63. The van der Waals surface area contributed by atoms with Gasteiger partial charge in [0.2, 0.25) is 0 Å². The van der Waals surface area contributed by atoms with Crippen molar-refractivity contribution in [2.24, 2.45) is 0 Å². The molecule has 3 aromatic rings. The first kappa shape index (κ1) is 26.3. The number of hydrogen-bond donors (Lipinski definition) is 3. The molecule has 2 heterocycles. The molecule has 5 rings (SSSR count). The first-order chi connectivity index (χ1) is 18.3. The molecule has 0 spiro atoms. The Bertz CT molecular complexity index is 1280. The molecular formula is C28H33F2N5O3. The van der Waals surface area contributed by atoms with Gasteiger partial charge in [-0.25, -0.2) is 18.3 Å². The highest BCUT2D eigenvalue weighted by molar-refractivity contribution is 5.90. The molecule has 2 aromatic carbocycles. The molecule has 1 aliphatic heterocycles. The fraction of sp³-hybridized carbons (Fsp3) is 0.429. The van der Waals surface area contributed by atoms with Crippen LogP contribution in [0, 0.1) is 18.6 Å². The first-order valence-electron chi connectivity index (χ1n) is 12.9. The van der Waals surface area contributed by atoms with E-state index in [0.29, 0.717) is 50.5 Å². The number of amides is 2. The molecule has 1 saturated heterocycles. The second kappa shape index (κ2) is 11.2. The van der Waals surface area contributed by atoms with Gasteiger partial charge in [0.05, 0.1) is 30.1 Å². The molecule has 2 amide bonds. The van der Waals surface area contributed by atoms with Crippen molar-refractivity contribution in [3.05, 3.63) is 77.0 Å². The van der Waals surface area contributed by atoms with E-state index in [4.69, 9.17) is 9.84 Å². The number of nitrogens with one attached hydrogen (secondary N) is 2. The van der Waals surface area contributed by atoms with Crippen LogP contribution in [0.3, 0.4) is 0 Å².